The lowest BCUT2D eigenvalue weighted by Crippen LogP contribution is -2.03. The van der Waals surface area contributed by atoms with Crippen LogP contribution in [-0.2, 0) is 6.54 Å². The standard InChI is InChI=1S/C8H8N2O4/c1-6-3-2-4-7(5-9(11)12)8(6)10(13)14/h2-4H,5H2,1H3. The minimum absolute atomic E-state index is 0.139. The van der Waals surface area contributed by atoms with Gasteiger partial charge < -0.3 is 0 Å². The molecule has 0 aliphatic heterocycles. The molecule has 0 fully saturated rings. The molecule has 0 amide bonds. The van der Waals surface area contributed by atoms with E-state index in [1.807, 2.05) is 0 Å². The van der Waals surface area contributed by atoms with Crippen LogP contribution in [0.5, 0.6) is 0 Å². The van der Waals surface area contributed by atoms with Crippen molar-refractivity contribution in [3.63, 3.8) is 0 Å². The Morgan fingerprint density at radius 3 is 2.43 bits per heavy atom. The summed E-state index contributed by atoms with van der Waals surface area (Å²) in [6.07, 6.45) is 0. The van der Waals surface area contributed by atoms with Gasteiger partial charge in [0.2, 0.25) is 6.54 Å². The Morgan fingerprint density at radius 2 is 1.93 bits per heavy atom. The quantitative estimate of drug-likeness (QED) is 0.543. The number of benzene rings is 1. The van der Waals surface area contributed by atoms with Crippen LogP contribution in [0.25, 0.3) is 0 Å². The Bertz CT molecular complexity index is 389. The van der Waals surface area contributed by atoms with Gasteiger partial charge >= 0.3 is 0 Å². The Balaban J connectivity index is 3.21. The second-order valence-corrected chi connectivity index (χ2v) is 2.83. The highest BCUT2D eigenvalue weighted by molar-refractivity contribution is 5.46. The van der Waals surface area contributed by atoms with Crippen molar-refractivity contribution in [1.82, 2.24) is 0 Å². The normalized spacial score (nSPS) is 9.79. The third-order valence-electron chi connectivity index (χ3n) is 1.80. The van der Waals surface area contributed by atoms with Crippen molar-refractivity contribution in [2.24, 2.45) is 0 Å². The predicted molar refractivity (Wildman–Crippen MR) is 48.5 cm³/mol. The van der Waals surface area contributed by atoms with Gasteiger partial charge in [-0.2, -0.15) is 0 Å². The summed E-state index contributed by atoms with van der Waals surface area (Å²) in [5.41, 5.74) is 0.415. The fraction of sp³-hybridized carbons (Fsp3) is 0.250. The Kier molecular flexibility index (Phi) is 2.76. The average molecular weight is 196 g/mol. The number of nitro groups is 2. The third kappa shape index (κ3) is 2.03. The Hall–Kier alpha value is -1.98. The van der Waals surface area contributed by atoms with E-state index in [1.54, 1.807) is 19.1 Å². The van der Waals surface area contributed by atoms with Crippen molar-refractivity contribution in [2.45, 2.75) is 13.5 Å². The number of hydrogen-bond acceptors (Lipinski definition) is 4. The van der Waals surface area contributed by atoms with E-state index in [-0.39, 0.29) is 11.3 Å². The summed E-state index contributed by atoms with van der Waals surface area (Å²) in [6.45, 7) is 1.04. The topological polar surface area (TPSA) is 86.3 Å². The van der Waals surface area contributed by atoms with Crippen LogP contribution in [0.4, 0.5) is 5.69 Å². The van der Waals surface area contributed by atoms with Crippen molar-refractivity contribution in [3.05, 3.63) is 49.6 Å². The molecule has 0 saturated heterocycles. The van der Waals surface area contributed by atoms with E-state index in [2.05, 4.69) is 0 Å². The summed E-state index contributed by atoms with van der Waals surface area (Å²) >= 11 is 0. The highest BCUT2D eigenvalue weighted by Crippen LogP contribution is 2.23. The van der Waals surface area contributed by atoms with E-state index in [1.165, 1.54) is 6.07 Å². The Morgan fingerprint density at radius 1 is 1.29 bits per heavy atom. The molecule has 0 aromatic heterocycles. The summed E-state index contributed by atoms with van der Waals surface area (Å²) in [5, 5.41) is 20.8. The van der Waals surface area contributed by atoms with Crippen LogP contribution in [0, 0.1) is 27.2 Å². The summed E-state index contributed by atoms with van der Waals surface area (Å²) in [7, 11) is 0. The maximum absolute atomic E-state index is 10.6. The first-order valence-electron chi connectivity index (χ1n) is 3.87. The first-order valence-corrected chi connectivity index (χ1v) is 3.87. The van der Waals surface area contributed by atoms with Gasteiger partial charge in [-0.3, -0.25) is 20.2 Å². The van der Waals surface area contributed by atoms with E-state index in [0.29, 0.717) is 5.56 Å². The van der Waals surface area contributed by atoms with Gasteiger partial charge in [-0.05, 0) is 13.0 Å². The van der Waals surface area contributed by atoms with Gasteiger partial charge in [0.05, 0.1) is 4.92 Å². The number of para-hydroxylation sites is 1. The molecule has 1 aromatic carbocycles. The van der Waals surface area contributed by atoms with E-state index < -0.39 is 16.4 Å². The minimum atomic E-state index is -0.589. The number of nitro benzene ring substituents is 1. The van der Waals surface area contributed by atoms with Gasteiger partial charge in [0, 0.05) is 10.5 Å². The summed E-state index contributed by atoms with van der Waals surface area (Å²) in [5.74, 6) is 0. The van der Waals surface area contributed by atoms with Gasteiger partial charge in [-0.1, -0.05) is 12.1 Å². The van der Waals surface area contributed by atoms with Crippen molar-refractivity contribution in [3.8, 4) is 0 Å². The Labute approximate surface area is 79.5 Å². The van der Waals surface area contributed by atoms with E-state index in [4.69, 9.17) is 0 Å². The summed E-state index contributed by atoms with van der Waals surface area (Å²) in [4.78, 5) is 19.7. The minimum Gasteiger partial charge on any atom is -0.264 e. The zero-order valence-electron chi connectivity index (χ0n) is 7.47. The lowest BCUT2D eigenvalue weighted by molar-refractivity contribution is -0.498. The lowest BCUT2D eigenvalue weighted by atomic mass is 10.1. The van der Waals surface area contributed by atoms with Crippen molar-refractivity contribution >= 4 is 5.69 Å². The molecule has 0 spiro atoms. The van der Waals surface area contributed by atoms with Gasteiger partial charge in [0.25, 0.3) is 5.69 Å². The first-order chi connectivity index (χ1) is 6.52. The molecule has 1 rings (SSSR count). The largest absolute Gasteiger partial charge is 0.282 e. The smallest absolute Gasteiger partial charge is 0.264 e. The average Bonchev–Trinajstić information content (AvgIpc) is 2.01. The van der Waals surface area contributed by atoms with Gasteiger partial charge in [-0.25, -0.2) is 0 Å². The van der Waals surface area contributed by atoms with E-state index >= 15 is 0 Å². The molecule has 0 N–H and O–H groups in total. The number of aryl methyl sites for hydroxylation is 1. The molecule has 6 nitrogen and oxygen atoms in total. The van der Waals surface area contributed by atoms with Crippen LogP contribution >= 0.6 is 0 Å². The maximum Gasteiger partial charge on any atom is 0.282 e. The third-order valence-corrected chi connectivity index (χ3v) is 1.80. The van der Waals surface area contributed by atoms with Crippen LogP contribution < -0.4 is 0 Å². The summed E-state index contributed by atoms with van der Waals surface area (Å²) < 4.78 is 0. The fourth-order valence-electron chi connectivity index (χ4n) is 1.25. The summed E-state index contributed by atoms with van der Waals surface area (Å²) in [6, 6.07) is 4.52. The van der Waals surface area contributed by atoms with Crippen LogP contribution in [0.1, 0.15) is 11.1 Å². The van der Waals surface area contributed by atoms with Crippen molar-refractivity contribution in [2.75, 3.05) is 0 Å². The molecule has 74 valence electrons. The molecule has 0 unspecified atom stereocenters. The lowest BCUT2D eigenvalue weighted by Gasteiger charge is -2.00. The van der Waals surface area contributed by atoms with Gasteiger partial charge in [-0.15, -0.1) is 0 Å². The number of nitrogens with zero attached hydrogens (tertiary/aromatic N) is 2. The predicted octanol–water partition coefficient (Wildman–Crippen LogP) is 1.68. The van der Waals surface area contributed by atoms with Crippen LogP contribution in [0.2, 0.25) is 0 Å². The molecule has 1 aromatic rings. The van der Waals surface area contributed by atoms with Gasteiger partial charge in [0.15, 0.2) is 0 Å². The second kappa shape index (κ2) is 3.82. The number of hydrogen-bond donors (Lipinski definition) is 0. The van der Waals surface area contributed by atoms with Gasteiger partial charge in [0.1, 0.15) is 5.56 Å². The van der Waals surface area contributed by atoms with Crippen molar-refractivity contribution in [1.29, 1.82) is 0 Å². The molecule has 0 heterocycles. The zero-order chi connectivity index (χ0) is 10.7. The molecule has 0 atom stereocenters. The van der Waals surface area contributed by atoms with Crippen molar-refractivity contribution < 1.29 is 9.85 Å². The number of rotatable bonds is 3. The highest BCUT2D eigenvalue weighted by atomic mass is 16.6. The zero-order valence-corrected chi connectivity index (χ0v) is 7.47. The highest BCUT2D eigenvalue weighted by Gasteiger charge is 2.19. The fourth-order valence-corrected chi connectivity index (χ4v) is 1.25. The molecule has 0 aliphatic carbocycles. The molecular formula is C8H8N2O4. The molecule has 0 saturated carbocycles. The van der Waals surface area contributed by atoms with E-state index in [0.717, 1.165) is 0 Å². The molecule has 0 aliphatic rings. The first kappa shape index (κ1) is 10.1. The molecule has 0 radical (unpaired) electrons. The molecule has 6 heteroatoms. The monoisotopic (exact) mass is 196 g/mol. The van der Waals surface area contributed by atoms with Crippen LogP contribution in [-0.4, -0.2) is 9.85 Å². The van der Waals surface area contributed by atoms with Crippen LogP contribution in [0.3, 0.4) is 0 Å². The van der Waals surface area contributed by atoms with Crippen LogP contribution in [0.15, 0.2) is 18.2 Å². The maximum atomic E-state index is 10.6. The van der Waals surface area contributed by atoms with E-state index in [9.17, 15) is 20.2 Å². The molecule has 0 bridgehead atoms. The molecule has 14 heavy (non-hydrogen) atoms. The SMILES string of the molecule is Cc1cccc(C[N+](=O)[O-])c1[N+](=O)[O-]. The molecular weight excluding hydrogens is 188 g/mol. The second-order valence-electron chi connectivity index (χ2n) is 2.83.